The van der Waals surface area contributed by atoms with Crippen LogP contribution in [0.5, 0.6) is 0 Å². The minimum atomic E-state index is -0.125. The zero-order chi connectivity index (χ0) is 24.2. The van der Waals surface area contributed by atoms with Crippen LogP contribution in [-0.2, 0) is 24.9 Å². The monoisotopic (exact) mass is 657 g/mol. The second-order valence-corrected chi connectivity index (χ2v) is 9.49. The van der Waals surface area contributed by atoms with Crippen LogP contribution in [0, 0.1) is 19.9 Å². The molecule has 1 radical (unpaired) electrons. The average Bonchev–Trinajstić information content (AvgIpc) is 3.21. The van der Waals surface area contributed by atoms with Crippen molar-refractivity contribution in [1.29, 1.82) is 0 Å². The number of hydrogen-bond donors (Lipinski definition) is 1. The molecule has 5 aromatic rings. The van der Waals surface area contributed by atoms with Gasteiger partial charge in [-0.2, -0.15) is 0 Å². The van der Waals surface area contributed by atoms with E-state index in [0.29, 0.717) is 0 Å². The van der Waals surface area contributed by atoms with Crippen LogP contribution in [0.1, 0.15) is 25.0 Å². The number of carbonyl (C=O) groups is 1. The second kappa shape index (κ2) is 11.5. The summed E-state index contributed by atoms with van der Waals surface area (Å²) in [5, 5.41) is 10.9. The number of nitrogens with zero attached hydrogens (tertiary/aromatic N) is 1. The summed E-state index contributed by atoms with van der Waals surface area (Å²) >= 11 is 1.80. The first kappa shape index (κ1) is 26.5. The Morgan fingerprint density at radius 1 is 0.943 bits per heavy atom. The van der Waals surface area contributed by atoms with Gasteiger partial charge in [0.1, 0.15) is 0 Å². The van der Waals surface area contributed by atoms with E-state index in [1.807, 2.05) is 0 Å². The molecule has 0 fully saturated rings. The van der Waals surface area contributed by atoms with Crippen molar-refractivity contribution in [3.8, 4) is 21.7 Å². The van der Waals surface area contributed by atoms with Gasteiger partial charge in [0.2, 0.25) is 0 Å². The first-order valence-electron chi connectivity index (χ1n) is 11.1. The molecule has 2 aromatic heterocycles. The molecule has 0 aliphatic carbocycles. The molecule has 3 aromatic carbocycles. The van der Waals surface area contributed by atoms with Crippen LogP contribution in [0.4, 0.5) is 0 Å². The fourth-order valence-corrected chi connectivity index (χ4v) is 4.88. The van der Waals surface area contributed by atoms with Gasteiger partial charge in [-0.3, -0.25) is 9.78 Å². The van der Waals surface area contributed by atoms with Crippen molar-refractivity contribution >= 4 is 38.1 Å². The zero-order valence-electron chi connectivity index (χ0n) is 20.0. The van der Waals surface area contributed by atoms with Crippen molar-refractivity contribution in [2.24, 2.45) is 0 Å². The molecule has 1 N–H and O–H groups in total. The zero-order valence-corrected chi connectivity index (χ0v) is 23.3. The Morgan fingerprint density at radius 2 is 1.69 bits per heavy atom. The molecule has 0 atom stereocenters. The van der Waals surface area contributed by atoms with Crippen molar-refractivity contribution in [3.63, 3.8) is 0 Å². The van der Waals surface area contributed by atoms with Crippen LogP contribution in [0.25, 0.3) is 42.7 Å². The summed E-state index contributed by atoms with van der Waals surface area (Å²) in [5.74, 6) is -0.0625. The molecule has 0 amide bonds. The van der Waals surface area contributed by atoms with Gasteiger partial charge in [-0.25, -0.2) is 0 Å². The maximum Gasteiger partial charge on any atom is 0.155 e. The molecule has 0 saturated carbocycles. The quantitative estimate of drug-likeness (QED) is 0.121. The van der Waals surface area contributed by atoms with Crippen LogP contribution < -0.4 is 0 Å². The number of aryl methyl sites for hydroxylation is 2. The van der Waals surface area contributed by atoms with Crippen LogP contribution in [0.3, 0.4) is 0 Å². The van der Waals surface area contributed by atoms with Crippen LogP contribution in [0.2, 0.25) is 0 Å². The Hall–Kier alpha value is -3.11. The van der Waals surface area contributed by atoms with Gasteiger partial charge in [0.25, 0.3) is 0 Å². The smallest absolute Gasteiger partial charge is 0.155 e. The van der Waals surface area contributed by atoms with E-state index in [1.54, 1.807) is 11.3 Å². The number of hydrogen-bond acceptors (Lipinski definition) is 4. The van der Waals surface area contributed by atoms with E-state index in [0.717, 1.165) is 22.3 Å². The third-order valence-corrected chi connectivity index (χ3v) is 6.38. The summed E-state index contributed by atoms with van der Waals surface area (Å²) in [5.41, 5.74) is 6.73. The van der Waals surface area contributed by atoms with E-state index < -0.39 is 0 Å². The minimum Gasteiger partial charge on any atom is -0.512 e. The number of carbonyl (C=O) groups excluding carboxylic acids is 1. The van der Waals surface area contributed by atoms with Gasteiger partial charge in [-0.1, -0.05) is 56.3 Å². The fraction of sp³-hybridized carbons (Fsp3) is 0.133. The van der Waals surface area contributed by atoms with E-state index in [2.05, 4.69) is 92.7 Å². The third-order valence-electron chi connectivity index (χ3n) is 5.24. The topological polar surface area (TPSA) is 50.2 Å². The number of aliphatic hydroxyl groups is 1. The summed E-state index contributed by atoms with van der Waals surface area (Å²) in [6.07, 6.45) is 1.17. The van der Waals surface area contributed by atoms with E-state index in [1.165, 1.54) is 51.4 Å². The number of rotatable bonds is 3. The number of aromatic nitrogens is 1. The standard InChI is InChI=1S/C25H18NS.C5H8O2.Ir/c1-16-11-17(2)13-21(12-16)22-9-10-24-23(26-22)15-25(27-24)20-8-7-18-5-3-4-6-19(18)14-20;1-4(6)3-5(2)7;/h3-12,14-15H,1-2H3;3,6H,1-2H3;/q-1;;/b;4-3-;. The maximum absolute atomic E-state index is 10.0. The van der Waals surface area contributed by atoms with E-state index in [-0.39, 0.29) is 31.6 Å². The summed E-state index contributed by atoms with van der Waals surface area (Å²) in [6.45, 7) is 7.05. The summed E-state index contributed by atoms with van der Waals surface area (Å²) < 4.78 is 1.21. The minimum absolute atomic E-state index is 0. The maximum atomic E-state index is 10.0. The fourth-order valence-electron chi connectivity index (χ4n) is 3.89. The molecule has 0 aliphatic rings. The molecular weight excluding hydrogens is 631 g/mol. The number of allylic oxidation sites excluding steroid dienone is 2. The largest absolute Gasteiger partial charge is 0.512 e. The Morgan fingerprint density at radius 3 is 2.34 bits per heavy atom. The molecule has 2 heterocycles. The Balaban J connectivity index is 0.000000378. The summed E-state index contributed by atoms with van der Waals surface area (Å²) in [7, 11) is 0. The molecule has 35 heavy (non-hydrogen) atoms. The number of fused-ring (bicyclic) bond motifs is 2. The second-order valence-electron chi connectivity index (χ2n) is 8.40. The predicted octanol–water partition coefficient (Wildman–Crippen LogP) is 8.24. The van der Waals surface area contributed by atoms with Gasteiger partial charge < -0.3 is 5.11 Å². The summed E-state index contributed by atoms with van der Waals surface area (Å²) in [6, 6.07) is 29.4. The Bertz CT molecular complexity index is 1510. The number of ketones is 1. The molecule has 0 spiro atoms. The van der Waals surface area contributed by atoms with Crippen LogP contribution >= 0.6 is 11.3 Å². The summed E-state index contributed by atoms with van der Waals surface area (Å²) in [4.78, 5) is 16.2. The van der Waals surface area contributed by atoms with Crippen molar-refractivity contribution < 1.29 is 30.0 Å². The normalized spacial score (nSPS) is 11.0. The molecule has 5 heteroatoms. The van der Waals surface area contributed by atoms with Gasteiger partial charge in [0.15, 0.2) is 5.78 Å². The van der Waals surface area contributed by atoms with Crippen molar-refractivity contribution in [3.05, 3.63) is 102 Å². The molecule has 0 aliphatic heterocycles. The molecule has 5 rings (SSSR count). The molecular formula is C30H26IrNO2S-. The van der Waals surface area contributed by atoms with Crippen LogP contribution in [0.15, 0.2) is 84.6 Å². The average molecular weight is 657 g/mol. The molecule has 0 saturated heterocycles. The van der Waals surface area contributed by atoms with E-state index >= 15 is 0 Å². The van der Waals surface area contributed by atoms with Gasteiger partial charge >= 0.3 is 0 Å². The Kier molecular flexibility index (Phi) is 8.74. The van der Waals surface area contributed by atoms with Gasteiger partial charge in [-0.15, -0.1) is 46.2 Å². The first-order chi connectivity index (χ1) is 16.3. The van der Waals surface area contributed by atoms with Crippen molar-refractivity contribution in [2.75, 3.05) is 0 Å². The van der Waals surface area contributed by atoms with Crippen molar-refractivity contribution in [1.82, 2.24) is 4.98 Å². The van der Waals surface area contributed by atoms with E-state index in [4.69, 9.17) is 10.1 Å². The molecule has 179 valence electrons. The van der Waals surface area contributed by atoms with Crippen LogP contribution in [-0.4, -0.2) is 15.9 Å². The van der Waals surface area contributed by atoms with E-state index in [9.17, 15) is 4.79 Å². The number of aliphatic hydroxyl groups excluding tert-OH is 1. The predicted molar refractivity (Wildman–Crippen MR) is 143 cm³/mol. The number of benzene rings is 3. The molecule has 0 bridgehead atoms. The number of thiophene rings is 1. The third kappa shape index (κ3) is 6.73. The van der Waals surface area contributed by atoms with Gasteiger partial charge in [0.05, 0.1) is 16.0 Å². The SMILES string of the molecule is CC(=O)/C=C(/C)O.Cc1[c-]c(-c2ccc3sc(-c4ccc5ccccc5c4)cc3n2)cc(C)c1.[Ir]. The number of pyridine rings is 1. The van der Waals surface area contributed by atoms with Crippen molar-refractivity contribution in [2.45, 2.75) is 27.7 Å². The first-order valence-corrected chi connectivity index (χ1v) is 11.9. The Labute approximate surface area is 223 Å². The molecule has 0 unspecified atom stereocenters. The van der Waals surface area contributed by atoms with Gasteiger partial charge in [-0.05, 0) is 54.1 Å². The van der Waals surface area contributed by atoms with Gasteiger partial charge in [0, 0.05) is 31.1 Å². The molecule has 3 nitrogen and oxygen atoms in total.